The molecule has 3 heterocycles. The van der Waals surface area contributed by atoms with Crippen molar-refractivity contribution in [2.45, 2.75) is 38.0 Å². The van der Waals surface area contributed by atoms with Gasteiger partial charge in [0.2, 0.25) is 5.88 Å². The number of aromatic nitrogens is 2. The van der Waals surface area contributed by atoms with E-state index in [9.17, 15) is 13.3 Å². The van der Waals surface area contributed by atoms with E-state index in [1.165, 1.54) is 24.3 Å². The van der Waals surface area contributed by atoms with Crippen LogP contribution in [0.4, 0.5) is 20.4 Å². The topological polar surface area (TPSA) is 79.3 Å². The average Bonchev–Trinajstić information content (AvgIpc) is 2.75. The van der Waals surface area contributed by atoms with Crippen LogP contribution in [0.1, 0.15) is 31.7 Å². The van der Waals surface area contributed by atoms with Gasteiger partial charge in [-0.25, -0.2) is 13.8 Å². The van der Waals surface area contributed by atoms with Gasteiger partial charge in [0.1, 0.15) is 23.2 Å². The molecule has 1 aliphatic rings. The van der Waals surface area contributed by atoms with Crippen molar-refractivity contribution in [2.75, 3.05) is 18.2 Å². The molecule has 1 N–H and O–H groups in total. The van der Waals surface area contributed by atoms with Crippen LogP contribution in [0.2, 0.25) is 0 Å². The van der Waals surface area contributed by atoms with Gasteiger partial charge in [-0.3, -0.25) is 0 Å². The summed E-state index contributed by atoms with van der Waals surface area (Å²) in [5.41, 5.74) is 1.52. The summed E-state index contributed by atoms with van der Waals surface area (Å²) in [7, 11) is 0. The monoisotopic (exact) mass is 473 g/mol. The highest BCUT2D eigenvalue weighted by Gasteiger charge is 2.15. The third-order valence-electron chi connectivity index (χ3n) is 5.17. The van der Waals surface area contributed by atoms with Crippen molar-refractivity contribution in [3.05, 3.63) is 59.8 Å². The van der Waals surface area contributed by atoms with Gasteiger partial charge in [-0.15, -0.1) is 0 Å². The van der Waals surface area contributed by atoms with E-state index in [-0.39, 0.29) is 17.4 Å². The molecule has 2 aromatic heterocycles. The van der Waals surface area contributed by atoms with E-state index >= 15 is 0 Å². The minimum atomic E-state index is -1.05. The zero-order valence-electron chi connectivity index (χ0n) is 18.4. The Balaban J connectivity index is 1.75. The normalized spacial score (nSPS) is 17.2. The highest BCUT2D eigenvalue weighted by molar-refractivity contribution is 7.89. The zero-order valence-corrected chi connectivity index (χ0v) is 19.3. The molecule has 1 aliphatic heterocycles. The molecule has 0 saturated carbocycles. The van der Waals surface area contributed by atoms with Gasteiger partial charge < -0.3 is 19.3 Å². The maximum atomic E-state index is 14.6. The number of nitrogens with zero attached hydrogens (tertiary/aromatic N) is 2. The minimum absolute atomic E-state index is 0.0809. The van der Waals surface area contributed by atoms with Gasteiger partial charge in [0.15, 0.2) is 11.6 Å². The summed E-state index contributed by atoms with van der Waals surface area (Å²) in [6.45, 7) is 2.28. The molecular weight excluding hydrogens is 448 g/mol. The Morgan fingerprint density at radius 2 is 1.97 bits per heavy atom. The first-order chi connectivity index (χ1) is 15.9. The predicted molar refractivity (Wildman–Crippen MR) is 124 cm³/mol. The number of halogens is 2. The molecule has 2 unspecified atom stereocenters. The minimum Gasteiger partial charge on any atom is -0.616 e. The van der Waals surface area contributed by atoms with Gasteiger partial charge in [-0.05, 0) is 56.0 Å². The third kappa shape index (κ3) is 6.11. The molecule has 0 fully saturated rings. The molecule has 174 valence electrons. The Bertz CT molecular complexity index is 1130. The van der Waals surface area contributed by atoms with E-state index < -0.39 is 22.8 Å². The fourth-order valence-corrected chi connectivity index (χ4v) is 4.26. The number of hydrogen-bond acceptors (Lipinski definition) is 6. The van der Waals surface area contributed by atoms with Crippen molar-refractivity contribution >= 4 is 22.8 Å². The first kappa shape index (κ1) is 23.3. The molecule has 33 heavy (non-hydrogen) atoms. The summed E-state index contributed by atoms with van der Waals surface area (Å²) in [4.78, 5) is 8.62. The maximum Gasteiger partial charge on any atom is 0.215 e. The molecule has 0 aliphatic carbocycles. The van der Waals surface area contributed by atoms with E-state index in [2.05, 4.69) is 15.3 Å². The van der Waals surface area contributed by atoms with Gasteiger partial charge in [0, 0.05) is 17.2 Å². The largest absolute Gasteiger partial charge is 0.616 e. The number of fused-ring (bicyclic) bond motifs is 7. The fraction of sp³-hybridized carbons (Fsp3) is 0.333. The van der Waals surface area contributed by atoms with Crippen molar-refractivity contribution in [1.29, 1.82) is 0 Å². The summed E-state index contributed by atoms with van der Waals surface area (Å²) in [5, 5.41) is 3.08. The van der Waals surface area contributed by atoms with Crippen LogP contribution < -0.4 is 14.8 Å². The SMILES string of the molecule is CC1CCCCOc2cc(ccc2F)-c2cc(ncc2F)Nc2cc(C[S+](C)[O-])cc(n2)O1. The smallest absolute Gasteiger partial charge is 0.215 e. The number of nitrogens with one attached hydrogen (secondary N) is 1. The third-order valence-corrected chi connectivity index (χ3v) is 5.91. The number of hydrogen-bond donors (Lipinski definition) is 1. The van der Waals surface area contributed by atoms with E-state index in [1.54, 1.807) is 18.4 Å². The van der Waals surface area contributed by atoms with E-state index in [1.807, 2.05) is 6.92 Å². The van der Waals surface area contributed by atoms with Crippen LogP contribution in [0.5, 0.6) is 11.6 Å². The second-order valence-electron chi connectivity index (χ2n) is 8.01. The lowest BCUT2D eigenvalue weighted by Gasteiger charge is -2.16. The van der Waals surface area contributed by atoms with Crippen LogP contribution in [-0.4, -0.2) is 33.5 Å². The quantitative estimate of drug-likeness (QED) is 0.504. The second kappa shape index (κ2) is 10.4. The average molecular weight is 474 g/mol. The van der Waals surface area contributed by atoms with E-state index in [0.29, 0.717) is 41.9 Å². The Kier molecular flexibility index (Phi) is 7.29. The molecule has 6 nitrogen and oxygen atoms in total. The molecule has 9 heteroatoms. The van der Waals surface area contributed by atoms with Gasteiger partial charge in [0.25, 0.3) is 0 Å². The fourth-order valence-electron chi connectivity index (χ4n) is 3.62. The van der Waals surface area contributed by atoms with Gasteiger partial charge in [-0.2, -0.15) is 4.98 Å². The Hall–Kier alpha value is -2.91. The summed E-state index contributed by atoms with van der Waals surface area (Å²) >= 11 is -1.05. The number of ether oxygens (including phenoxy) is 2. The van der Waals surface area contributed by atoms with Crippen molar-refractivity contribution in [3.8, 4) is 22.8 Å². The van der Waals surface area contributed by atoms with Crippen molar-refractivity contribution in [3.63, 3.8) is 0 Å². The summed E-state index contributed by atoms with van der Waals surface area (Å²) in [6.07, 6.45) is 4.89. The van der Waals surface area contributed by atoms with Crippen LogP contribution in [0.3, 0.4) is 0 Å². The van der Waals surface area contributed by atoms with Gasteiger partial charge in [0.05, 0.1) is 25.2 Å². The molecule has 0 amide bonds. The van der Waals surface area contributed by atoms with Crippen LogP contribution in [0.25, 0.3) is 11.1 Å². The van der Waals surface area contributed by atoms with Crippen molar-refractivity contribution < 1.29 is 22.8 Å². The highest BCUT2D eigenvalue weighted by atomic mass is 32.2. The van der Waals surface area contributed by atoms with Crippen LogP contribution >= 0.6 is 0 Å². The second-order valence-corrected chi connectivity index (χ2v) is 9.44. The molecule has 6 bridgehead atoms. The zero-order chi connectivity index (χ0) is 23.4. The van der Waals surface area contributed by atoms with Crippen molar-refractivity contribution in [2.24, 2.45) is 0 Å². The summed E-state index contributed by atoms with van der Waals surface area (Å²) in [5.74, 6) is 0.585. The number of rotatable bonds is 2. The Morgan fingerprint density at radius 3 is 2.79 bits per heavy atom. The predicted octanol–water partition coefficient (Wildman–Crippen LogP) is 5.37. The molecule has 0 saturated heterocycles. The maximum absolute atomic E-state index is 14.6. The van der Waals surface area contributed by atoms with Gasteiger partial charge in [-0.1, -0.05) is 17.2 Å². The van der Waals surface area contributed by atoms with E-state index in [0.717, 1.165) is 24.6 Å². The summed E-state index contributed by atoms with van der Waals surface area (Å²) < 4.78 is 52.3. The molecule has 2 atom stereocenters. The van der Waals surface area contributed by atoms with E-state index in [4.69, 9.17) is 9.47 Å². The molecule has 0 spiro atoms. The molecule has 1 aromatic carbocycles. The Morgan fingerprint density at radius 1 is 1.12 bits per heavy atom. The van der Waals surface area contributed by atoms with Crippen LogP contribution in [-0.2, 0) is 16.9 Å². The Labute approximate surface area is 194 Å². The molecule has 3 aromatic rings. The lowest BCUT2D eigenvalue weighted by atomic mass is 10.1. The highest BCUT2D eigenvalue weighted by Crippen LogP contribution is 2.31. The number of anilines is 2. The standard InChI is InChI=1S/C24H25F2N3O3S/c1-15-5-3-4-8-31-21-11-17(6-7-19(21)25)18-12-22(27-13-20(18)26)28-23-9-16(14-33(2)30)10-24(29-23)32-15/h6-7,9-13,15H,3-5,8,14H2,1-2H3,(H,27,28,29). The lowest BCUT2D eigenvalue weighted by molar-refractivity contribution is 0.193. The van der Waals surface area contributed by atoms with Crippen molar-refractivity contribution in [1.82, 2.24) is 9.97 Å². The first-order valence-corrected chi connectivity index (χ1v) is 12.4. The van der Waals surface area contributed by atoms with Crippen LogP contribution in [0.15, 0.2) is 42.6 Å². The first-order valence-electron chi connectivity index (χ1n) is 10.7. The number of pyridine rings is 2. The number of benzene rings is 1. The molecular formula is C24H25F2N3O3S. The molecule has 0 radical (unpaired) electrons. The lowest BCUT2D eigenvalue weighted by Crippen LogP contribution is -2.14. The molecule has 4 rings (SSSR count). The van der Waals surface area contributed by atoms with Crippen LogP contribution in [0, 0.1) is 11.6 Å². The summed E-state index contributed by atoms with van der Waals surface area (Å²) in [6, 6.07) is 9.33. The van der Waals surface area contributed by atoms with Gasteiger partial charge >= 0.3 is 0 Å².